The summed E-state index contributed by atoms with van der Waals surface area (Å²) in [7, 11) is 0. The quantitative estimate of drug-likeness (QED) is 0.840. The Labute approximate surface area is 111 Å². The molecule has 104 valence electrons. The van der Waals surface area contributed by atoms with Crippen molar-refractivity contribution in [3.8, 4) is 0 Å². The highest BCUT2D eigenvalue weighted by Gasteiger charge is 2.44. The lowest BCUT2D eigenvalue weighted by atomic mass is 9.70. The molecule has 0 amide bonds. The highest BCUT2D eigenvalue weighted by molar-refractivity contribution is 5.75. The predicted octanol–water partition coefficient (Wildman–Crippen LogP) is 3.00. The fourth-order valence-corrected chi connectivity index (χ4v) is 3.54. The molecular weight excluding hydrogens is 226 g/mol. The molecule has 0 aromatic rings. The van der Waals surface area contributed by atoms with E-state index in [0.29, 0.717) is 11.3 Å². The number of hydrogen-bond donors (Lipinski definition) is 1. The predicted molar refractivity (Wildman–Crippen MR) is 72.5 cm³/mol. The largest absolute Gasteiger partial charge is 0.481 e. The van der Waals surface area contributed by atoms with E-state index in [1.807, 2.05) is 0 Å². The van der Waals surface area contributed by atoms with Crippen molar-refractivity contribution >= 4 is 5.97 Å². The lowest BCUT2D eigenvalue weighted by Crippen LogP contribution is -2.45. The van der Waals surface area contributed by atoms with Crippen LogP contribution in [0.15, 0.2) is 0 Å². The second-order valence-electron chi connectivity index (χ2n) is 7.39. The lowest BCUT2D eigenvalue weighted by Gasteiger charge is -2.38. The molecule has 0 atom stereocenters. The van der Waals surface area contributed by atoms with E-state index >= 15 is 0 Å². The Morgan fingerprint density at radius 1 is 1.28 bits per heavy atom. The zero-order valence-electron chi connectivity index (χ0n) is 12.0. The highest BCUT2D eigenvalue weighted by Crippen LogP contribution is 2.41. The average molecular weight is 253 g/mol. The van der Waals surface area contributed by atoms with E-state index in [9.17, 15) is 9.90 Å². The molecule has 1 N–H and O–H groups in total. The zero-order valence-corrected chi connectivity index (χ0v) is 12.0. The summed E-state index contributed by atoms with van der Waals surface area (Å²) in [5, 5.41) is 9.64. The third-order valence-electron chi connectivity index (χ3n) is 4.97. The third kappa shape index (κ3) is 2.87. The van der Waals surface area contributed by atoms with E-state index in [-0.39, 0.29) is 0 Å². The van der Waals surface area contributed by atoms with Crippen molar-refractivity contribution in [2.45, 2.75) is 52.9 Å². The van der Waals surface area contributed by atoms with Crippen molar-refractivity contribution in [3.63, 3.8) is 0 Å². The first-order valence-electron chi connectivity index (χ1n) is 7.29. The average Bonchev–Trinajstić information content (AvgIpc) is 2.61. The van der Waals surface area contributed by atoms with Gasteiger partial charge in [0, 0.05) is 13.1 Å². The number of carbonyl (C=O) groups is 1. The molecule has 2 fully saturated rings. The van der Waals surface area contributed by atoms with Crippen LogP contribution in [0.3, 0.4) is 0 Å². The number of carboxylic acids is 1. The fourth-order valence-electron chi connectivity index (χ4n) is 3.54. The van der Waals surface area contributed by atoms with E-state index in [2.05, 4.69) is 25.7 Å². The van der Waals surface area contributed by atoms with Crippen LogP contribution in [0.25, 0.3) is 0 Å². The monoisotopic (exact) mass is 253 g/mol. The van der Waals surface area contributed by atoms with Gasteiger partial charge >= 0.3 is 5.97 Å². The Hall–Kier alpha value is -0.570. The van der Waals surface area contributed by atoms with Gasteiger partial charge in [0.1, 0.15) is 0 Å². The van der Waals surface area contributed by atoms with Gasteiger partial charge < -0.3 is 10.0 Å². The molecule has 2 rings (SSSR count). The molecule has 0 unspecified atom stereocenters. The number of hydrogen-bond acceptors (Lipinski definition) is 2. The SMILES string of the molecule is CC1CCC(CN2CCC(C)(C)C2)(C(=O)O)CC1. The Morgan fingerprint density at radius 2 is 1.89 bits per heavy atom. The second-order valence-corrected chi connectivity index (χ2v) is 7.39. The van der Waals surface area contributed by atoms with Crippen LogP contribution in [0.4, 0.5) is 0 Å². The van der Waals surface area contributed by atoms with Crippen LogP contribution >= 0.6 is 0 Å². The first-order valence-corrected chi connectivity index (χ1v) is 7.29. The first-order chi connectivity index (χ1) is 8.33. The maximum atomic E-state index is 11.7. The lowest BCUT2D eigenvalue weighted by molar-refractivity contribution is -0.153. The molecule has 0 aromatic heterocycles. The molecule has 0 spiro atoms. The molecule has 0 radical (unpaired) electrons. The van der Waals surface area contributed by atoms with Crippen molar-refractivity contribution in [1.82, 2.24) is 4.90 Å². The number of aliphatic carboxylic acids is 1. The molecule has 0 aromatic carbocycles. The number of likely N-dealkylation sites (tertiary alicyclic amines) is 1. The molecular formula is C15H27NO2. The fraction of sp³-hybridized carbons (Fsp3) is 0.933. The minimum absolute atomic E-state index is 0.363. The van der Waals surface area contributed by atoms with Gasteiger partial charge in [-0.1, -0.05) is 20.8 Å². The Kier molecular flexibility index (Phi) is 3.72. The summed E-state index contributed by atoms with van der Waals surface area (Å²) in [6.45, 7) is 9.69. The van der Waals surface area contributed by atoms with Crippen molar-refractivity contribution < 1.29 is 9.90 Å². The van der Waals surface area contributed by atoms with Gasteiger partial charge in [-0.05, 0) is 50.0 Å². The molecule has 1 aliphatic carbocycles. The van der Waals surface area contributed by atoms with Crippen molar-refractivity contribution in [2.24, 2.45) is 16.7 Å². The van der Waals surface area contributed by atoms with Crippen molar-refractivity contribution in [3.05, 3.63) is 0 Å². The van der Waals surface area contributed by atoms with Crippen molar-refractivity contribution in [2.75, 3.05) is 19.6 Å². The van der Waals surface area contributed by atoms with Crippen LogP contribution in [0.5, 0.6) is 0 Å². The van der Waals surface area contributed by atoms with Crippen LogP contribution < -0.4 is 0 Å². The molecule has 1 aliphatic heterocycles. The molecule has 3 nitrogen and oxygen atoms in total. The van der Waals surface area contributed by atoms with E-state index in [1.165, 1.54) is 6.42 Å². The minimum atomic E-state index is -0.570. The molecule has 1 heterocycles. The van der Waals surface area contributed by atoms with Gasteiger partial charge in [-0.2, -0.15) is 0 Å². The van der Waals surface area contributed by atoms with Gasteiger partial charge in [-0.15, -0.1) is 0 Å². The van der Waals surface area contributed by atoms with E-state index in [1.54, 1.807) is 0 Å². The molecule has 18 heavy (non-hydrogen) atoms. The molecule has 1 saturated carbocycles. The van der Waals surface area contributed by atoms with Crippen LogP contribution in [0.1, 0.15) is 52.9 Å². The second kappa shape index (κ2) is 4.84. The van der Waals surface area contributed by atoms with E-state index in [4.69, 9.17) is 0 Å². The van der Waals surface area contributed by atoms with Crippen LogP contribution in [-0.4, -0.2) is 35.6 Å². The van der Waals surface area contributed by atoms with Crippen LogP contribution in [0.2, 0.25) is 0 Å². The number of carboxylic acid groups (broad SMARTS) is 1. The minimum Gasteiger partial charge on any atom is -0.481 e. The molecule has 0 bridgehead atoms. The molecule has 1 saturated heterocycles. The smallest absolute Gasteiger partial charge is 0.310 e. The number of rotatable bonds is 3. The van der Waals surface area contributed by atoms with Gasteiger partial charge in [-0.25, -0.2) is 0 Å². The molecule has 3 heteroatoms. The van der Waals surface area contributed by atoms with Crippen molar-refractivity contribution in [1.29, 1.82) is 0 Å². The summed E-state index contributed by atoms with van der Waals surface area (Å²) >= 11 is 0. The normalized spacial score (nSPS) is 36.7. The summed E-state index contributed by atoms with van der Waals surface area (Å²) in [5.41, 5.74) is -0.103. The van der Waals surface area contributed by atoms with Gasteiger partial charge in [0.25, 0.3) is 0 Å². The maximum absolute atomic E-state index is 11.7. The topological polar surface area (TPSA) is 40.5 Å². The van der Waals surface area contributed by atoms with Gasteiger partial charge in [0.2, 0.25) is 0 Å². The van der Waals surface area contributed by atoms with E-state index < -0.39 is 11.4 Å². The van der Waals surface area contributed by atoms with Gasteiger partial charge in [0.05, 0.1) is 5.41 Å². The van der Waals surface area contributed by atoms with Crippen LogP contribution in [0, 0.1) is 16.7 Å². The van der Waals surface area contributed by atoms with Gasteiger partial charge in [-0.3, -0.25) is 4.79 Å². The summed E-state index contributed by atoms with van der Waals surface area (Å²) in [6, 6.07) is 0. The molecule has 2 aliphatic rings. The standard InChI is InChI=1S/C15H27NO2/c1-12-4-6-15(7-5-12,13(17)18)11-16-9-8-14(2,3)10-16/h12H,4-11H2,1-3H3,(H,17,18). The first kappa shape index (κ1) is 13.9. The third-order valence-corrected chi connectivity index (χ3v) is 4.97. The number of nitrogens with zero attached hydrogens (tertiary/aromatic N) is 1. The Bertz CT molecular complexity index is 316. The van der Waals surface area contributed by atoms with E-state index in [0.717, 1.165) is 45.3 Å². The van der Waals surface area contributed by atoms with Crippen LogP contribution in [-0.2, 0) is 4.79 Å². The Morgan fingerprint density at radius 3 is 2.33 bits per heavy atom. The van der Waals surface area contributed by atoms with Gasteiger partial charge in [0.15, 0.2) is 0 Å². The summed E-state index contributed by atoms with van der Waals surface area (Å²) in [4.78, 5) is 14.1. The summed E-state index contributed by atoms with van der Waals surface area (Å²) in [5.74, 6) is 0.131. The maximum Gasteiger partial charge on any atom is 0.310 e. The zero-order chi connectivity index (χ0) is 13.4. The summed E-state index contributed by atoms with van der Waals surface area (Å²) < 4.78 is 0. The summed E-state index contributed by atoms with van der Waals surface area (Å²) in [6.07, 6.45) is 5.06. The highest BCUT2D eigenvalue weighted by atomic mass is 16.4. The Balaban J connectivity index is 2.01.